The molecule has 1 aliphatic heterocycles. The first-order chi connectivity index (χ1) is 10.3. The Morgan fingerprint density at radius 2 is 2.10 bits per heavy atom. The van der Waals surface area contributed by atoms with Crippen LogP contribution in [0.3, 0.4) is 0 Å². The lowest BCUT2D eigenvalue weighted by Crippen LogP contribution is -2.30. The molecule has 0 saturated carbocycles. The summed E-state index contributed by atoms with van der Waals surface area (Å²) >= 11 is 0. The Hall–Kier alpha value is -2.56. The summed E-state index contributed by atoms with van der Waals surface area (Å²) in [6, 6.07) is 11.1. The number of anilines is 1. The van der Waals surface area contributed by atoms with E-state index in [1.807, 2.05) is 24.3 Å². The van der Waals surface area contributed by atoms with Gasteiger partial charge < -0.3 is 14.8 Å². The Morgan fingerprint density at radius 3 is 2.90 bits per heavy atom. The van der Waals surface area contributed by atoms with E-state index in [9.17, 15) is 4.79 Å². The lowest BCUT2D eigenvalue weighted by Gasteiger charge is -2.26. The van der Waals surface area contributed by atoms with Crippen LogP contribution in [0.2, 0.25) is 0 Å². The van der Waals surface area contributed by atoms with Crippen LogP contribution >= 0.6 is 0 Å². The van der Waals surface area contributed by atoms with Gasteiger partial charge in [-0.3, -0.25) is 9.78 Å². The predicted octanol–water partition coefficient (Wildman–Crippen LogP) is 2.64. The van der Waals surface area contributed by atoms with Crippen LogP contribution < -0.4 is 14.8 Å². The average Bonchev–Trinajstić information content (AvgIpc) is 2.54. The summed E-state index contributed by atoms with van der Waals surface area (Å²) in [6.45, 7) is 0.469. The molecule has 1 atom stereocenters. The van der Waals surface area contributed by atoms with Crippen LogP contribution in [0, 0.1) is 0 Å². The van der Waals surface area contributed by atoms with E-state index in [0.29, 0.717) is 25.1 Å². The van der Waals surface area contributed by atoms with Crippen LogP contribution in [0.1, 0.15) is 12.8 Å². The van der Waals surface area contributed by atoms with Gasteiger partial charge in [0.2, 0.25) is 5.91 Å². The Balaban J connectivity index is 1.49. The van der Waals surface area contributed by atoms with Gasteiger partial charge in [-0.05, 0) is 30.7 Å². The number of hydrogen-bond acceptors (Lipinski definition) is 4. The van der Waals surface area contributed by atoms with Crippen LogP contribution in [-0.2, 0) is 4.79 Å². The molecule has 2 aromatic rings. The minimum Gasteiger partial charge on any atom is -0.486 e. The van der Waals surface area contributed by atoms with Crippen LogP contribution in [0.4, 0.5) is 5.69 Å². The average molecular weight is 284 g/mol. The molecule has 1 amide bonds. The molecule has 1 aliphatic rings. The van der Waals surface area contributed by atoms with Gasteiger partial charge in [0.15, 0.2) is 11.5 Å². The maximum Gasteiger partial charge on any atom is 0.224 e. The fourth-order valence-corrected chi connectivity index (χ4v) is 2.16. The zero-order valence-electron chi connectivity index (χ0n) is 11.5. The highest BCUT2D eigenvalue weighted by atomic mass is 16.6. The molecular weight excluding hydrogens is 268 g/mol. The van der Waals surface area contributed by atoms with Gasteiger partial charge in [-0.25, -0.2) is 0 Å². The van der Waals surface area contributed by atoms with E-state index in [1.54, 1.807) is 24.5 Å². The number of hydrogen-bond donors (Lipinski definition) is 1. The molecule has 0 aliphatic carbocycles. The summed E-state index contributed by atoms with van der Waals surface area (Å²) in [4.78, 5) is 15.8. The first-order valence-electron chi connectivity index (χ1n) is 6.89. The Kier molecular flexibility index (Phi) is 4.00. The number of pyridine rings is 1. The first kappa shape index (κ1) is 13.4. The Bertz CT molecular complexity index is 616. The summed E-state index contributed by atoms with van der Waals surface area (Å²) in [6.07, 6.45) is 4.18. The molecular formula is C16H16N2O3. The lowest BCUT2D eigenvalue weighted by atomic mass is 10.1. The monoisotopic (exact) mass is 284 g/mol. The van der Waals surface area contributed by atoms with E-state index in [0.717, 1.165) is 11.5 Å². The van der Waals surface area contributed by atoms with Crippen LogP contribution in [0.25, 0.3) is 0 Å². The van der Waals surface area contributed by atoms with E-state index in [1.165, 1.54) is 0 Å². The number of carbonyl (C=O) groups excluding carboxylic acids is 1. The molecule has 0 fully saturated rings. The zero-order valence-corrected chi connectivity index (χ0v) is 11.5. The van der Waals surface area contributed by atoms with Crippen molar-refractivity contribution in [1.82, 2.24) is 4.98 Å². The fraction of sp³-hybridized carbons (Fsp3) is 0.250. The standard InChI is InChI=1S/C16H16N2O3/c19-16(18-12-4-3-9-17-10-12)8-7-13-11-20-14-5-1-2-6-15(14)21-13/h1-6,9-10,13H,7-8,11H2,(H,18,19)/t13-/m0/s1. The summed E-state index contributed by atoms with van der Waals surface area (Å²) in [7, 11) is 0. The van der Waals surface area contributed by atoms with Crippen molar-refractivity contribution in [2.75, 3.05) is 11.9 Å². The van der Waals surface area contributed by atoms with E-state index in [4.69, 9.17) is 9.47 Å². The normalized spacial score (nSPS) is 16.3. The second-order valence-corrected chi connectivity index (χ2v) is 4.83. The Labute approximate surface area is 122 Å². The SMILES string of the molecule is O=C(CC[C@H]1COc2ccccc2O1)Nc1cccnc1. The molecule has 108 valence electrons. The molecule has 21 heavy (non-hydrogen) atoms. The predicted molar refractivity (Wildman–Crippen MR) is 78.5 cm³/mol. The minimum absolute atomic E-state index is 0.0505. The molecule has 5 nitrogen and oxygen atoms in total. The van der Waals surface area contributed by atoms with Crippen molar-refractivity contribution in [2.24, 2.45) is 0 Å². The van der Waals surface area contributed by atoms with E-state index >= 15 is 0 Å². The van der Waals surface area contributed by atoms with E-state index in [-0.39, 0.29) is 12.0 Å². The van der Waals surface area contributed by atoms with Gasteiger partial charge in [-0.2, -0.15) is 0 Å². The lowest BCUT2D eigenvalue weighted by molar-refractivity contribution is -0.116. The Morgan fingerprint density at radius 1 is 1.24 bits per heavy atom. The van der Waals surface area contributed by atoms with Gasteiger partial charge in [0, 0.05) is 12.6 Å². The summed E-state index contributed by atoms with van der Waals surface area (Å²) in [5, 5.41) is 2.80. The molecule has 0 radical (unpaired) electrons. The number of carbonyl (C=O) groups is 1. The van der Waals surface area contributed by atoms with Crippen molar-refractivity contribution in [3.05, 3.63) is 48.8 Å². The maximum atomic E-state index is 11.9. The summed E-state index contributed by atoms with van der Waals surface area (Å²) in [5.74, 6) is 1.44. The van der Waals surface area contributed by atoms with Gasteiger partial charge in [-0.15, -0.1) is 0 Å². The first-order valence-corrected chi connectivity index (χ1v) is 6.89. The molecule has 3 rings (SSSR count). The highest BCUT2D eigenvalue weighted by Crippen LogP contribution is 2.31. The molecule has 0 spiro atoms. The highest BCUT2D eigenvalue weighted by molar-refractivity contribution is 5.90. The zero-order chi connectivity index (χ0) is 14.5. The number of nitrogens with zero attached hydrogens (tertiary/aromatic N) is 1. The van der Waals surface area contributed by atoms with Crippen LogP contribution in [0.5, 0.6) is 11.5 Å². The van der Waals surface area contributed by atoms with Gasteiger partial charge in [0.25, 0.3) is 0 Å². The van der Waals surface area contributed by atoms with Gasteiger partial charge in [-0.1, -0.05) is 12.1 Å². The van der Waals surface area contributed by atoms with Gasteiger partial charge >= 0.3 is 0 Å². The quantitative estimate of drug-likeness (QED) is 0.937. The molecule has 1 N–H and O–H groups in total. The number of fused-ring (bicyclic) bond motifs is 1. The molecule has 0 bridgehead atoms. The summed E-state index contributed by atoms with van der Waals surface area (Å²) in [5.41, 5.74) is 0.702. The highest BCUT2D eigenvalue weighted by Gasteiger charge is 2.21. The van der Waals surface area contributed by atoms with Crippen molar-refractivity contribution < 1.29 is 14.3 Å². The molecule has 1 aromatic heterocycles. The van der Waals surface area contributed by atoms with E-state index < -0.39 is 0 Å². The number of nitrogens with one attached hydrogen (secondary N) is 1. The van der Waals surface area contributed by atoms with Crippen LogP contribution in [0.15, 0.2) is 48.8 Å². The third-order valence-electron chi connectivity index (χ3n) is 3.21. The molecule has 0 unspecified atom stereocenters. The van der Waals surface area contributed by atoms with Crippen molar-refractivity contribution in [1.29, 1.82) is 0 Å². The van der Waals surface area contributed by atoms with Crippen LogP contribution in [-0.4, -0.2) is 23.6 Å². The van der Waals surface area contributed by atoms with Crippen molar-refractivity contribution in [2.45, 2.75) is 18.9 Å². The number of para-hydroxylation sites is 2. The topological polar surface area (TPSA) is 60.5 Å². The second-order valence-electron chi connectivity index (χ2n) is 4.83. The minimum atomic E-state index is -0.0976. The number of ether oxygens (including phenoxy) is 2. The number of aromatic nitrogens is 1. The number of benzene rings is 1. The summed E-state index contributed by atoms with van der Waals surface area (Å²) < 4.78 is 11.4. The largest absolute Gasteiger partial charge is 0.486 e. The third kappa shape index (κ3) is 3.51. The van der Waals surface area contributed by atoms with Crippen molar-refractivity contribution >= 4 is 11.6 Å². The molecule has 0 saturated heterocycles. The second kappa shape index (κ2) is 6.26. The molecule has 2 heterocycles. The smallest absolute Gasteiger partial charge is 0.224 e. The van der Waals surface area contributed by atoms with Crippen molar-refractivity contribution in [3.63, 3.8) is 0 Å². The third-order valence-corrected chi connectivity index (χ3v) is 3.21. The fourth-order valence-electron chi connectivity index (χ4n) is 2.16. The van der Waals surface area contributed by atoms with E-state index in [2.05, 4.69) is 10.3 Å². The molecule has 1 aromatic carbocycles. The number of rotatable bonds is 4. The molecule has 5 heteroatoms. The maximum absolute atomic E-state index is 11.9. The number of amides is 1. The van der Waals surface area contributed by atoms with Crippen molar-refractivity contribution in [3.8, 4) is 11.5 Å². The van der Waals surface area contributed by atoms with Gasteiger partial charge in [0.05, 0.1) is 11.9 Å². The van der Waals surface area contributed by atoms with Gasteiger partial charge in [0.1, 0.15) is 12.7 Å².